The van der Waals surface area contributed by atoms with Crippen LogP contribution in [0.15, 0.2) is 53.4 Å². The first-order chi connectivity index (χ1) is 13.3. The van der Waals surface area contributed by atoms with E-state index in [4.69, 9.17) is 14.7 Å². The number of Topliss-reactive ketones (excluding diaryl/α,β-unsaturated/α-hetero) is 1. The molecule has 0 radical (unpaired) electrons. The number of hydrogen-bond donors (Lipinski definition) is 1. The zero-order valence-electron chi connectivity index (χ0n) is 15.2. The molecule has 0 unspecified atom stereocenters. The number of ketones is 1. The summed E-state index contributed by atoms with van der Waals surface area (Å²) in [7, 11) is -2.46. The fourth-order valence-corrected chi connectivity index (χ4v) is 3.20. The van der Waals surface area contributed by atoms with Crippen LogP contribution in [0.3, 0.4) is 0 Å². The van der Waals surface area contributed by atoms with Crippen molar-refractivity contribution in [2.45, 2.75) is 17.9 Å². The molecule has 0 aliphatic carbocycles. The first kappa shape index (κ1) is 21.1. The zero-order valence-corrected chi connectivity index (χ0v) is 16.0. The summed E-state index contributed by atoms with van der Waals surface area (Å²) < 4.78 is 36.4. The fourth-order valence-electron chi connectivity index (χ4n) is 2.23. The van der Waals surface area contributed by atoms with Gasteiger partial charge in [-0.05, 0) is 55.5 Å². The normalized spacial score (nSPS) is 11.9. The third kappa shape index (κ3) is 5.39. The van der Waals surface area contributed by atoms with E-state index in [2.05, 4.69) is 4.72 Å². The van der Waals surface area contributed by atoms with E-state index in [1.165, 1.54) is 38.3 Å². The average molecular weight is 402 g/mol. The molecule has 0 saturated carbocycles. The average Bonchev–Trinajstić information content (AvgIpc) is 2.72. The third-order valence-electron chi connectivity index (χ3n) is 3.75. The molecule has 0 aromatic heterocycles. The summed E-state index contributed by atoms with van der Waals surface area (Å²) >= 11 is 0. The maximum Gasteiger partial charge on any atom is 0.321 e. The van der Waals surface area contributed by atoms with Gasteiger partial charge in [-0.3, -0.25) is 9.59 Å². The summed E-state index contributed by atoms with van der Waals surface area (Å²) in [5.74, 6) is -0.740. The standard InChI is InChI=1S/C19H18N2O6S/c1-13(19(23)15-5-7-16(26-2)8-6-15)27-18(22)12-21-28(24,25)17-9-3-14(11-20)4-10-17/h3-10,13,21H,12H2,1-2H3/t13-/m1/s1. The van der Waals surface area contributed by atoms with Gasteiger partial charge < -0.3 is 9.47 Å². The molecule has 1 atom stereocenters. The molecule has 146 valence electrons. The van der Waals surface area contributed by atoms with Gasteiger partial charge >= 0.3 is 5.97 Å². The Hall–Kier alpha value is -3.22. The molecule has 0 saturated heterocycles. The molecule has 2 aromatic rings. The molecule has 9 heteroatoms. The topological polar surface area (TPSA) is 123 Å². The number of nitriles is 1. The number of nitrogens with zero attached hydrogens (tertiary/aromatic N) is 1. The van der Waals surface area contributed by atoms with Crippen LogP contribution in [0.1, 0.15) is 22.8 Å². The number of nitrogens with one attached hydrogen (secondary N) is 1. The summed E-state index contributed by atoms with van der Waals surface area (Å²) in [6.07, 6.45) is -1.08. The lowest BCUT2D eigenvalue weighted by Crippen LogP contribution is -2.34. The van der Waals surface area contributed by atoms with Crippen molar-refractivity contribution >= 4 is 21.8 Å². The van der Waals surface area contributed by atoms with E-state index < -0.39 is 34.4 Å². The van der Waals surface area contributed by atoms with Crippen molar-refractivity contribution in [2.24, 2.45) is 0 Å². The maximum atomic E-state index is 12.3. The summed E-state index contributed by atoms with van der Waals surface area (Å²) in [5, 5.41) is 8.73. The second kappa shape index (κ2) is 9.12. The van der Waals surface area contributed by atoms with Crippen LogP contribution in [0.5, 0.6) is 5.75 Å². The van der Waals surface area contributed by atoms with Gasteiger partial charge in [-0.25, -0.2) is 8.42 Å². The number of methoxy groups -OCH3 is 1. The van der Waals surface area contributed by atoms with Crippen molar-refractivity contribution in [3.05, 3.63) is 59.7 Å². The highest BCUT2D eigenvalue weighted by atomic mass is 32.2. The van der Waals surface area contributed by atoms with Crippen molar-refractivity contribution in [1.29, 1.82) is 5.26 Å². The number of esters is 1. The SMILES string of the molecule is COc1ccc(C(=O)[C@@H](C)OC(=O)CNS(=O)(=O)c2ccc(C#N)cc2)cc1. The number of carbonyl (C=O) groups excluding carboxylic acids is 2. The van der Waals surface area contributed by atoms with Crippen molar-refractivity contribution < 1.29 is 27.5 Å². The first-order valence-electron chi connectivity index (χ1n) is 8.14. The maximum absolute atomic E-state index is 12.3. The van der Waals surface area contributed by atoms with Gasteiger partial charge in [0.05, 0.1) is 23.6 Å². The molecule has 0 bridgehead atoms. The Bertz CT molecular complexity index is 992. The highest BCUT2D eigenvalue weighted by Gasteiger charge is 2.21. The van der Waals surface area contributed by atoms with E-state index in [0.717, 1.165) is 0 Å². The van der Waals surface area contributed by atoms with E-state index in [0.29, 0.717) is 16.9 Å². The van der Waals surface area contributed by atoms with Gasteiger partial charge in [0, 0.05) is 5.56 Å². The van der Waals surface area contributed by atoms with Gasteiger partial charge in [0.1, 0.15) is 12.3 Å². The summed E-state index contributed by atoms with van der Waals surface area (Å²) in [6.45, 7) is 0.766. The molecule has 28 heavy (non-hydrogen) atoms. The molecule has 0 heterocycles. The third-order valence-corrected chi connectivity index (χ3v) is 5.17. The molecular formula is C19H18N2O6S. The lowest BCUT2D eigenvalue weighted by molar-refractivity contribution is -0.144. The van der Waals surface area contributed by atoms with Crippen LogP contribution in [0.25, 0.3) is 0 Å². The summed E-state index contributed by atoms with van der Waals surface area (Å²) in [5.41, 5.74) is 0.642. The lowest BCUT2D eigenvalue weighted by atomic mass is 10.1. The van der Waals surface area contributed by atoms with Crippen LogP contribution in [-0.2, 0) is 19.6 Å². The second-order valence-electron chi connectivity index (χ2n) is 5.69. The molecular weight excluding hydrogens is 384 g/mol. The summed E-state index contributed by atoms with van der Waals surface area (Å²) in [4.78, 5) is 24.1. The molecule has 0 spiro atoms. The van der Waals surface area contributed by atoms with Gasteiger partial charge in [0.2, 0.25) is 15.8 Å². The Labute approximate surface area is 162 Å². The molecule has 0 fully saturated rings. The predicted molar refractivity (Wildman–Crippen MR) is 99.2 cm³/mol. The molecule has 0 aliphatic rings. The summed E-state index contributed by atoms with van der Waals surface area (Å²) in [6, 6.07) is 13.4. The van der Waals surface area contributed by atoms with Crippen molar-refractivity contribution in [3.8, 4) is 11.8 Å². The molecule has 8 nitrogen and oxygen atoms in total. The smallest absolute Gasteiger partial charge is 0.321 e. The van der Waals surface area contributed by atoms with E-state index in [-0.39, 0.29) is 4.90 Å². The Kier molecular flexibility index (Phi) is 6.87. The van der Waals surface area contributed by atoms with Gasteiger partial charge in [0.15, 0.2) is 6.10 Å². The van der Waals surface area contributed by atoms with Crippen molar-refractivity contribution in [2.75, 3.05) is 13.7 Å². The Morgan fingerprint density at radius 1 is 1.11 bits per heavy atom. The minimum Gasteiger partial charge on any atom is -0.497 e. The van der Waals surface area contributed by atoms with E-state index in [1.54, 1.807) is 24.3 Å². The van der Waals surface area contributed by atoms with E-state index in [9.17, 15) is 18.0 Å². The monoisotopic (exact) mass is 402 g/mol. The molecule has 2 aromatic carbocycles. The van der Waals surface area contributed by atoms with Gasteiger partial charge in [0.25, 0.3) is 0 Å². The van der Waals surface area contributed by atoms with Crippen LogP contribution in [-0.4, -0.2) is 39.9 Å². The Morgan fingerprint density at radius 2 is 1.71 bits per heavy atom. The number of hydrogen-bond acceptors (Lipinski definition) is 7. The van der Waals surface area contributed by atoms with Crippen LogP contribution in [0.4, 0.5) is 0 Å². The zero-order chi connectivity index (χ0) is 20.7. The number of rotatable bonds is 8. The van der Waals surface area contributed by atoms with Gasteiger partial charge in [-0.1, -0.05) is 0 Å². The van der Waals surface area contributed by atoms with Crippen molar-refractivity contribution in [3.63, 3.8) is 0 Å². The fraction of sp³-hybridized carbons (Fsp3) is 0.211. The van der Waals surface area contributed by atoms with E-state index in [1.807, 2.05) is 6.07 Å². The van der Waals surface area contributed by atoms with Crippen LogP contribution in [0, 0.1) is 11.3 Å². The minimum absolute atomic E-state index is 0.0957. The number of carbonyl (C=O) groups is 2. The quantitative estimate of drug-likeness (QED) is 0.526. The van der Waals surface area contributed by atoms with Crippen LogP contribution >= 0.6 is 0 Å². The minimum atomic E-state index is -3.96. The van der Waals surface area contributed by atoms with Crippen LogP contribution < -0.4 is 9.46 Å². The molecule has 2 rings (SSSR count). The molecule has 1 N–H and O–H groups in total. The highest BCUT2D eigenvalue weighted by molar-refractivity contribution is 7.89. The number of ether oxygens (including phenoxy) is 2. The Balaban J connectivity index is 1.93. The number of sulfonamides is 1. The van der Waals surface area contributed by atoms with Crippen molar-refractivity contribution in [1.82, 2.24) is 4.72 Å². The van der Waals surface area contributed by atoms with Gasteiger partial charge in [-0.15, -0.1) is 0 Å². The van der Waals surface area contributed by atoms with Gasteiger partial charge in [-0.2, -0.15) is 9.98 Å². The molecule has 0 amide bonds. The number of benzene rings is 2. The molecule has 0 aliphatic heterocycles. The predicted octanol–water partition coefficient (Wildman–Crippen LogP) is 1.66. The largest absolute Gasteiger partial charge is 0.497 e. The highest BCUT2D eigenvalue weighted by Crippen LogP contribution is 2.14. The first-order valence-corrected chi connectivity index (χ1v) is 9.62. The van der Waals surface area contributed by atoms with Crippen LogP contribution in [0.2, 0.25) is 0 Å². The second-order valence-corrected chi connectivity index (χ2v) is 7.45. The van der Waals surface area contributed by atoms with E-state index >= 15 is 0 Å². The lowest BCUT2D eigenvalue weighted by Gasteiger charge is -2.13. The Morgan fingerprint density at radius 3 is 2.25 bits per heavy atom.